The molecule has 7 nitrogen and oxygen atoms in total. The molecule has 0 unspecified atom stereocenters. The monoisotopic (exact) mass is 510 g/mol. The molecule has 3 fully saturated rings. The van der Waals surface area contributed by atoms with E-state index in [1.807, 2.05) is 32.9 Å². The predicted molar refractivity (Wildman–Crippen MR) is 134 cm³/mol. The standard InChI is InChI=1S/C30H38O7/c1-15-12-22(36-26(33)16(15)2)17(3)20-13-25(35-18(4)31)30(34)21-14-24-29(37-24)10-7-8-23(32)28(29,6)19(21)9-11-27(20,30)5/h7-8,13,17,19,21-22,24-25,34H,9-12,14H2,1-6H3/t17-,19-,21+,22+,24+,25-,27+,28-,29+,30-/m0/s1. The Bertz CT molecular complexity index is 1200. The number of esters is 2. The van der Waals surface area contributed by atoms with Crippen molar-refractivity contribution in [2.45, 2.75) is 103 Å². The Morgan fingerprint density at radius 2 is 1.95 bits per heavy atom. The molecule has 1 saturated heterocycles. The molecule has 6 aliphatic rings. The third kappa shape index (κ3) is 2.93. The van der Waals surface area contributed by atoms with Gasteiger partial charge in [0.15, 0.2) is 5.78 Å². The summed E-state index contributed by atoms with van der Waals surface area (Å²) in [5, 5.41) is 12.8. The first-order valence-corrected chi connectivity index (χ1v) is 13.7. The normalized spacial score (nSPS) is 48.7. The van der Waals surface area contributed by atoms with Crippen molar-refractivity contribution < 1.29 is 33.7 Å². The third-order valence-electron chi connectivity index (χ3n) is 11.5. The highest BCUT2D eigenvalue weighted by Crippen LogP contribution is 2.73. The molecule has 0 radical (unpaired) electrons. The third-order valence-corrected chi connectivity index (χ3v) is 11.5. The van der Waals surface area contributed by atoms with E-state index in [-0.39, 0.29) is 41.7 Å². The molecule has 0 bridgehead atoms. The maximum atomic E-state index is 13.4. The lowest BCUT2D eigenvalue weighted by atomic mass is 9.43. The van der Waals surface area contributed by atoms with E-state index in [2.05, 4.69) is 6.92 Å². The number of fused-ring (bicyclic) bond motifs is 4. The fourth-order valence-electron chi connectivity index (χ4n) is 9.06. The summed E-state index contributed by atoms with van der Waals surface area (Å²) in [5.74, 6) is -1.24. The summed E-state index contributed by atoms with van der Waals surface area (Å²) in [6.07, 6.45) is 7.60. The molecule has 1 N–H and O–H groups in total. The van der Waals surface area contributed by atoms with Gasteiger partial charge in [-0.3, -0.25) is 9.59 Å². The first kappa shape index (κ1) is 25.1. The van der Waals surface area contributed by atoms with E-state index in [9.17, 15) is 19.5 Å². The fraction of sp³-hybridized carbons (Fsp3) is 0.700. The lowest BCUT2D eigenvalue weighted by Crippen LogP contribution is -2.68. The molecule has 1 spiro atoms. The Labute approximate surface area is 218 Å². The summed E-state index contributed by atoms with van der Waals surface area (Å²) in [5.41, 5.74) is -0.673. The number of hydrogen-bond donors (Lipinski definition) is 1. The van der Waals surface area contributed by atoms with Crippen LogP contribution >= 0.6 is 0 Å². The average Bonchev–Trinajstić information content (AvgIpc) is 3.49. The molecule has 0 aromatic heterocycles. The molecule has 2 heterocycles. The van der Waals surface area contributed by atoms with Crippen LogP contribution in [0.5, 0.6) is 0 Å². The molecular formula is C30H38O7. The van der Waals surface area contributed by atoms with Gasteiger partial charge < -0.3 is 19.3 Å². The van der Waals surface area contributed by atoms with Gasteiger partial charge in [-0.1, -0.05) is 31.1 Å². The summed E-state index contributed by atoms with van der Waals surface area (Å²) in [6.45, 7) is 11.2. The molecule has 0 amide bonds. The van der Waals surface area contributed by atoms with Crippen LogP contribution in [0.4, 0.5) is 0 Å². The van der Waals surface area contributed by atoms with Gasteiger partial charge in [0.25, 0.3) is 0 Å². The molecule has 37 heavy (non-hydrogen) atoms. The van der Waals surface area contributed by atoms with Gasteiger partial charge in [0.2, 0.25) is 0 Å². The Kier molecular flexibility index (Phi) is 5.19. The first-order valence-electron chi connectivity index (χ1n) is 13.7. The van der Waals surface area contributed by atoms with Crippen molar-refractivity contribution in [2.75, 3.05) is 0 Å². The topological polar surface area (TPSA) is 102 Å². The molecule has 4 aliphatic carbocycles. The van der Waals surface area contributed by atoms with E-state index in [0.717, 1.165) is 17.6 Å². The predicted octanol–water partition coefficient (Wildman–Crippen LogP) is 3.99. The van der Waals surface area contributed by atoms with Crippen molar-refractivity contribution in [2.24, 2.45) is 28.6 Å². The average molecular weight is 511 g/mol. The Balaban J connectivity index is 1.41. The Hall–Kier alpha value is -2.25. The number of carbonyl (C=O) groups excluding carboxylic acids is 3. The zero-order chi connectivity index (χ0) is 26.7. The van der Waals surface area contributed by atoms with Crippen LogP contribution in [-0.4, -0.2) is 52.3 Å². The van der Waals surface area contributed by atoms with Gasteiger partial charge >= 0.3 is 11.9 Å². The summed E-state index contributed by atoms with van der Waals surface area (Å²) in [4.78, 5) is 38.2. The van der Waals surface area contributed by atoms with Gasteiger partial charge in [-0.25, -0.2) is 4.79 Å². The molecule has 7 heteroatoms. The zero-order valence-corrected chi connectivity index (χ0v) is 22.6. The highest BCUT2D eigenvalue weighted by molar-refractivity contribution is 5.98. The number of ether oxygens (including phenoxy) is 3. The summed E-state index contributed by atoms with van der Waals surface area (Å²) in [6, 6.07) is 0. The maximum Gasteiger partial charge on any atom is 0.333 e. The van der Waals surface area contributed by atoms with E-state index < -0.39 is 34.1 Å². The smallest absolute Gasteiger partial charge is 0.333 e. The largest absolute Gasteiger partial charge is 0.458 e. The molecule has 2 aliphatic heterocycles. The highest BCUT2D eigenvalue weighted by atomic mass is 16.6. The zero-order valence-electron chi connectivity index (χ0n) is 22.6. The van der Waals surface area contributed by atoms with Crippen molar-refractivity contribution in [1.29, 1.82) is 0 Å². The van der Waals surface area contributed by atoms with Crippen LogP contribution in [0, 0.1) is 28.6 Å². The maximum absolute atomic E-state index is 13.4. The van der Waals surface area contributed by atoms with Gasteiger partial charge in [-0.15, -0.1) is 0 Å². The summed E-state index contributed by atoms with van der Waals surface area (Å²) >= 11 is 0. The van der Waals surface area contributed by atoms with Crippen molar-refractivity contribution in [3.63, 3.8) is 0 Å². The molecule has 2 saturated carbocycles. The number of epoxide rings is 1. The molecule has 6 rings (SSSR count). The van der Waals surface area contributed by atoms with E-state index in [4.69, 9.17) is 14.2 Å². The number of aliphatic hydroxyl groups is 1. The SMILES string of the molecule is CC(=O)O[C@H]1C=C([C@H](C)[C@H]2CC(C)=C(C)C(=O)O2)[C@@]2(C)CC[C@H]3[C@@H](C[C@H]4O[C@]45CC=CC(=O)[C@]35C)[C@]12O. The van der Waals surface area contributed by atoms with Crippen molar-refractivity contribution in [3.05, 3.63) is 34.9 Å². The second-order valence-electron chi connectivity index (χ2n) is 12.8. The quantitative estimate of drug-likeness (QED) is 0.348. The van der Waals surface area contributed by atoms with Crippen molar-refractivity contribution >= 4 is 17.7 Å². The molecule has 0 aromatic carbocycles. The minimum atomic E-state index is -1.40. The van der Waals surface area contributed by atoms with Crippen LogP contribution in [0.15, 0.2) is 34.9 Å². The van der Waals surface area contributed by atoms with Crippen LogP contribution in [0.25, 0.3) is 0 Å². The van der Waals surface area contributed by atoms with Crippen LogP contribution in [0.3, 0.4) is 0 Å². The van der Waals surface area contributed by atoms with E-state index in [1.54, 1.807) is 13.0 Å². The summed E-state index contributed by atoms with van der Waals surface area (Å²) in [7, 11) is 0. The lowest BCUT2D eigenvalue weighted by molar-refractivity contribution is -0.221. The van der Waals surface area contributed by atoms with Gasteiger partial charge in [0.1, 0.15) is 23.4 Å². The number of carbonyl (C=O) groups is 3. The van der Waals surface area contributed by atoms with Crippen molar-refractivity contribution in [1.82, 2.24) is 0 Å². The van der Waals surface area contributed by atoms with Gasteiger partial charge in [0, 0.05) is 30.3 Å². The second kappa shape index (κ2) is 7.66. The van der Waals surface area contributed by atoms with Crippen LogP contribution in [0.2, 0.25) is 0 Å². The number of hydrogen-bond acceptors (Lipinski definition) is 7. The second-order valence-corrected chi connectivity index (χ2v) is 12.8. The molecule has 0 aromatic rings. The number of rotatable bonds is 3. The van der Waals surface area contributed by atoms with Crippen LogP contribution < -0.4 is 0 Å². The van der Waals surface area contributed by atoms with Gasteiger partial charge in [-0.2, -0.15) is 0 Å². The number of allylic oxidation sites excluding steroid dienone is 1. The minimum Gasteiger partial charge on any atom is -0.458 e. The number of ketones is 1. The van der Waals surface area contributed by atoms with Crippen LogP contribution in [-0.2, 0) is 28.6 Å². The minimum absolute atomic E-state index is 0.0680. The van der Waals surface area contributed by atoms with E-state index in [1.165, 1.54) is 6.92 Å². The molecule has 10 atom stereocenters. The molecular weight excluding hydrogens is 472 g/mol. The number of cyclic esters (lactones) is 1. The lowest BCUT2D eigenvalue weighted by Gasteiger charge is -2.61. The molecule has 200 valence electrons. The van der Waals surface area contributed by atoms with E-state index in [0.29, 0.717) is 31.3 Å². The van der Waals surface area contributed by atoms with Gasteiger partial charge in [0.05, 0.1) is 11.5 Å². The summed E-state index contributed by atoms with van der Waals surface area (Å²) < 4.78 is 18.0. The van der Waals surface area contributed by atoms with Crippen molar-refractivity contribution in [3.8, 4) is 0 Å². The van der Waals surface area contributed by atoms with Crippen LogP contribution in [0.1, 0.15) is 73.6 Å². The Morgan fingerprint density at radius 1 is 1.22 bits per heavy atom. The fourth-order valence-corrected chi connectivity index (χ4v) is 9.06. The first-order chi connectivity index (χ1) is 17.3. The Morgan fingerprint density at radius 3 is 2.62 bits per heavy atom. The van der Waals surface area contributed by atoms with Gasteiger partial charge in [-0.05, 0) is 70.4 Å². The highest BCUT2D eigenvalue weighted by Gasteiger charge is 2.80. The van der Waals surface area contributed by atoms with E-state index >= 15 is 0 Å².